The van der Waals surface area contributed by atoms with Gasteiger partial charge in [-0.2, -0.15) is 0 Å². The third-order valence-electron chi connectivity index (χ3n) is 3.50. The molecule has 0 radical (unpaired) electrons. The molecule has 0 saturated carbocycles. The minimum absolute atomic E-state index is 0.00258. The van der Waals surface area contributed by atoms with Crippen molar-refractivity contribution in [2.75, 3.05) is 12.8 Å². The Bertz CT molecular complexity index is 758. The van der Waals surface area contributed by atoms with Gasteiger partial charge in [-0.15, -0.1) is 11.8 Å². The normalized spacial score (nSPS) is 12.1. The number of hydrogen-bond acceptors (Lipinski definition) is 5. The number of carbonyl (C=O) groups is 1. The lowest BCUT2D eigenvalue weighted by Crippen LogP contribution is -2.26. The average molecular weight is 358 g/mol. The molecular weight excluding hydrogens is 340 g/mol. The fraction of sp³-hybridized carbons (Fsp3) is 0.167. The molecule has 2 rings (SSSR count). The Kier molecular flexibility index (Phi) is 6.73. The van der Waals surface area contributed by atoms with Crippen molar-refractivity contribution in [3.8, 4) is 0 Å². The van der Waals surface area contributed by atoms with Gasteiger partial charge in [0.05, 0.1) is 11.0 Å². The summed E-state index contributed by atoms with van der Waals surface area (Å²) in [4.78, 5) is 23.0. The van der Waals surface area contributed by atoms with E-state index in [0.29, 0.717) is 5.56 Å². The first kappa shape index (κ1) is 18.7. The molecule has 0 heterocycles. The summed E-state index contributed by atoms with van der Waals surface area (Å²) in [7, 11) is 0. The molecule has 2 aromatic rings. The molecule has 0 aliphatic carbocycles. The molecule has 1 amide bonds. The maximum atomic E-state index is 11.8. The molecule has 0 aliphatic rings. The molecule has 6 nitrogen and oxygen atoms in total. The number of nitrogens with zero attached hydrogens (tertiary/aromatic N) is 1. The molecular formula is C18H18N2O4S. The number of non-ortho nitro benzene ring substituents is 1. The fourth-order valence-electron chi connectivity index (χ4n) is 2.08. The first-order valence-electron chi connectivity index (χ1n) is 7.52. The van der Waals surface area contributed by atoms with E-state index in [-0.39, 0.29) is 18.1 Å². The van der Waals surface area contributed by atoms with Gasteiger partial charge in [0.25, 0.3) is 5.69 Å². The number of nitro groups is 1. The first-order valence-corrected chi connectivity index (χ1v) is 8.74. The zero-order valence-corrected chi connectivity index (χ0v) is 14.4. The number of rotatable bonds is 7. The van der Waals surface area contributed by atoms with E-state index in [1.54, 1.807) is 30.0 Å². The zero-order chi connectivity index (χ0) is 18.2. The van der Waals surface area contributed by atoms with E-state index in [2.05, 4.69) is 5.32 Å². The molecule has 0 saturated heterocycles. The smallest absolute Gasteiger partial charge is 0.269 e. The van der Waals surface area contributed by atoms with Crippen molar-refractivity contribution in [2.45, 2.75) is 11.0 Å². The third-order valence-corrected chi connectivity index (χ3v) is 4.24. The average Bonchev–Trinajstić information content (AvgIpc) is 2.64. The summed E-state index contributed by atoms with van der Waals surface area (Å²) >= 11 is 1.62. The highest BCUT2D eigenvalue weighted by molar-refractivity contribution is 7.98. The third kappa shape index (κ3) is 5.74. The van der Waals surface area contributed by atoms with Crippen LogP contribution in [0.15, 0.2) is 59.5 Å². The minimum atomic E-state index is -0.785. The lowest BCUT2D eigenvalue weighted by molar-refractivity contribution is -0.384. The predicted molar refractivity (Wildman–Crippen MR) is 98.3 cm³/mol. The van der Waals surface area contributed by atoms with Crippen LogP contribution in [0.1, 0.15) is 17.2 Å². The molecule has 7 heteroatoms. The maximum Gasteiger partial charge on any atom is 0.269 e. The van der Waals surface area contributed by atoms with Crippen molar-refractivity contribution >= 4 is 29.4 Å². The van der Waals surface area contributed by atoms with Gasteiger partial charge in [0, 0.05) is 29.6 Å². The van der Waals surface area contributed by atoms with E-state index in [1.807, 2.05) is 30.5 Å². The highest BCUT2D eigenvalue weighted by Gasteiger charge is 2.08. The number of carbonyl (C=O) groups excluding carboxylic acids is 1. The van der Waals surface area contributed by atoms with Gasteiger partial charge in [-0.1, -0.05) is 12.1 Å². The highest BCUT2D eigenvalue weighted by Crippen LogP contribution is 2.18. The second-order valence-electron chi connectivity index (χ2n) is 5.22. The zero-order valence-electron chi connectivity index (χ0n) is 13.6. The molecule has 0 fully saturated rings. The van der Waals surface area contributed by atoms with Crippen molar-refractivity contribution in [3.05, 3.63) is 75.8 Å². The van der Waals surface area contributed by atoms with Crippen molar-refractivity contribution in [2.24, 2.45) is 0 Å². The molecule has 25 heavy (non-hydrogen) atoms. The summed E-state index contributed by atoms with van der Waals surface area (Å²) in [5.74, 6) is -0.349. The second kappa shape index (κ2) is 9.00. The summed E-state index contributed by atoms with van der Waals surface area (Å²) < 4.78 is 0. The Morgan fingerprint density at radius 3 is 2.44 bits per heavy atom. The summed E-state index contributed by atoms with van der Waals surface area (Å²) in [6, 6.07) is 13.4. The van der Waals surface area contributed by atoms with Gasteiger partial charge >= 0.3 is 0 Å². The van der Waals surface area contributed by atoms with Crippen LogP contribution < -0.4 is 5.32 Å². The molecule has 130 valence electrons. The Morgan fingerprint density at radius 2 is 1.88 bits per heavy atom. The molecule has 1 unspecified atom stereocenters. The maximum absolute atomic E-state index is 11.8. The molecule has 0 bridgehead atoms. The number of nitro benzene ring substituents is 1. The monoisotopic (exact) mass is 358 g/mol. The second-order valence-corrected chi connectivity index (χ2v) is 6.10. The number of thioether (sulfide) groups is 1. The number of aliphatic hydroxyl groups excluding tert-OH is 1. The Labute approximate surface area is 149 Å². The van der Waals surface area contributed by atoms with Gasteiger partial charge < -0.3 is 10.4 Å². The van der Waals surface area contributed by atoms with Gasteiger partial charge in [0.2, 0.25) is 5.91 Å². The molecule has 2 N–H and O–H groups in total. The van der Waals surface area contributed by atoms with Crippen LogP contribution in [0.3, 0.4) is 0 Å². The lowest BCUT2D eigenvalue weighted by Gasteiger charge is -2.11. The molecule has 0 aromatic heterocycles. The minimum Gasteiger partial charge on any atom is -0.387 e. The van der Waals surface area contributed by atoms with Gasteiger partial charge in [-0.3, -0.25) is 14.9 Å². The van der Waals surface area contributed by atoms with Crippen LogP contribution in [-0.4, -0.2) is 28.7 Å². The SMILES string of the molecule is CSc1ccc(C(O)CNC(=O)/C=C/c2ccc([N+](=O)[O-])cc2)cc1. The molecule has 0 aliphatic heterocycles. The molecule has 0 spiro atoms. The Hall–Kier alpha value is -2.64. The molecule has 1 atom stereocenters. The largest absolute Gasteiger partial charge is 0.387 e. The number of nitrogens with one attached hydrogen (secondary N) is 1. The quantitative estimate of drug-likeness (QED) is 0.343. The Morgan fingerprint density at radius 1 is 1.24 bits per heavy atom. The number of hydrogen-bond donors (Lipinski definition) is 2. The number of benzene rings is 2. The summed E-state index contributed by atoms with van der Waals surface area (Å²) in [6.45, 7) is 0.0993. The number of amides is 1. The fourth-order valence-corrected chi connectivity index (χ4v) is 2.49. The van der Waals surface area contributed by atoms with Gasteiger partial charge in [0.15, 0.2) is 0 Å². The van der Waals surface area contributed by atoms with E-state index in [1.165, 1.54) is 18.2 Å². The van der Waals surface area contributed by atoms with Gasteiger partial charge in [-0.25, -0.2) is 0 Å². The highest BCUT2D eigenvalue weighted by atomic mass is 32.2. The Balaban J connectivity index is 1.85. The lowest BCUT2D eigenvalue weighted by atomic mass is 10.1. The van der Waals surface area contributed by atoms with Crippen molar-refractivity contribution in [3.63, 3.8) is 0 Å². The first-order chi connectivity index (χ1) is 12.0. The summed E-state index contributed by atoms with van der Waals surface area (Å²) in [5.41, 5.74) is 1.41. The van der Waals surface area contributed by atoms with Crippen LogP contribution in [0.2, 0.25) is 0 Å². The van der Waals surface area contributed by atoms with E-state index in [0.717, 1.165) is 10.5 Å². The van der Waals surface area contributed by atoms with E-state index in [4.69, 9.17) is 0 Å². The van der Waals surface area contributed by atoms with E-state index >= 15 is 0 Å². The van der Waals surface area contributed by atoms with Gasteiger partial charge in [0.1, 0.15) is 0 Å². The van der Waals surface area contributed by atoms with Crippen molar-refractivity contribution in [1.29, 1.82) is 0 Å². The summed E-state index contributed by atoms with van der Waals surface area (Å²) in [6.07, 6.45) is 4.07. The van der Waals surface area contributed by atoms with Gasteiger partial charge in [-0.05, 0) is 47.7 Å². The van der Waals surface area contributed by atoms with Crippen LogP contribution >= 0.6 is 11.8 Å². The van der Waals surface area contributed by atoms with Crippen LogP contribution in [-0.2, 0) is 4.79 Å². The van der Waals surface area contributed by atoms with Crippen LogP contribution in [0, 0.1) is 10.1 Å². The predicted octanol–water partition coefficient (Wildman–Crippen LogP) is 3.18. The summed E-state index contributed by atoms with van der Waals surface area (Å²) in [5, 5.41) is 23.3. The van der Waals surface area contributed by atoms with E-state index in [9.17, 15) is 20.0 Å². The van der Waals surface area contributed by atoms with Crippen molar-refractivity contribution in [1.82, 2.24) is 5.32 Å². The molecule has 2 aromatic carbocycles. The van der Waals surface area contributed by atoms with Crippen LogP contribution in [0.25, 0.3) is 6.08 Å². The topological polar surface area (TPSA) is 92.5 Å². The van der Waals surface area contributed by atoms with Crippen LogP contribution in [0.5, 0.6) is 0 Å². The van der Waals surface area contributed by atoms with Crippen LogP contribution in [0.4, 0.5) is 5.69 Å². The standard InChI is InChI=1S/C18H18N2O4S/c1-25-16-9-5-14(6-10-16)17(21)12-19-18(22)11-4-13-2-7-15(8-3-13)20(23)24/h2-11,17,21H,12H2,1H3,(H,19,22)/b11-4+. The number of aliphatic hydroxyl groups is 1. The van der Waals surface area contributed by atoms with Crippen molar-refractivity contribution < 1.29 is 14.8 Å². The van der Waals surface area contributed by atoms with E-state index < -0.39 is 11.0 Å².